The molecule has 0 aliphatic heterocycles. The van der Waals surface area contributed by atoms with Crippen LogP contribution >= 0.6 is 0 Å². The monoisotopic (exact) mass is 590 g/mol. The quantitative estimate of drug-likeness (QED) is 0.192. The van der Waals surface area contributed by atoms with Crippen LogP contribution in [0.2, 0.25) is 0 Å². The topological polar surface area (TPSA) is 35.0 Å². The third-order valence-corrected chi connectivity index (χ3v) is 9.90. The third kappa shape index (κ3) is 5.22. The minimum absolute atomic E-state index is 0.0435. The number of nitrogens with zero attached hydrogens (tertiary/aromatic N) is 2. The summed E-state index contributed by atoms with van der Waals surface area (Å²) in [5.41, 5.74) is 6.79. The minimum atomic E-state index is 0.0435. The predicted octanol–water partition coefficient (Wildman–Crippen LogP) is 9.56. The van der Waals surface area contributed by atoms with Crippen LogP contribution < -0.4 is 4.74 Å². The average Bonchev–Trinajstić information content (AvgIpc) is 3.31. The van der Waals surface area contributed by atoms with E-state index in [9.17, 15) is 0 Å². The summed E-state index contributed by atoms with van der Waals surface area (Å²) in [6, 6.07) is 30.0. The Morgan fingerprint density at radius 3 is 2.00 bits per heavy atom. The van der Waals surface area contributed by atoms with Gasteiger partial charge in [-0.25, -0.2) is 0 Å². The zero-order valence-electron chi connectivity index (χ0n) is 23.9. The van der Waals surface area contributed by atoms with Crippen LogP contribution in [0.5, 0.6) is 11.5 Å². The first-order valence-electron chi connectivity index (χ1n) is 13.7. The summed E-state index contributed by atoms with van der Waals surface area (Å²) in [6.07, 6.45) is 3.83. The second-order valence-corrected chi connectivity index (χ2v) is 14.6. The molecule has 0 unspecified atom stereocenters. The molecular weight excluding hydrogens is 555 g/mol. The average molecular weight is 590 g/mol. The van der Waals surface area contributed by atoms with Gasteiger partial charge in [0.05, 0.1) is 0 Å². The van der Waals surface area contributed by atoms with Crippen molar-refractivity contribution in [3.8, 4) is 34.0 Å². The van der Waals surface area contributed by atoms with Crippen molar-refractivity contribution < 1.29 is 4.74 Å². The van der Waals surface area contributed by atoms with E-state index in [1.807, 2.05) is 24.5 Å². The van der Waals surface area contributed by atoms with E-state index in [2.05, 4.69) is 119 Å². The number of hydrogen-bond acceptors (Lipinski definition) is 3. The Morgan fingerprint density at radius 1 is 0.600 bits per heavy atom. The molecule has 0 aliphatic rings. The van der Waals surface area contributed by atoms with Gasteiger partial charge in [-0.15, -0.1) is 0 Å². The Bertz CT molecular complexity index is 1850. The Balaban J connectivity index is 1.46. The molecule has 40 heavy (non-hydrogen) atoms. The van der Waals surface area contributed by atoms with E-state index >= 15 is 0 Å². The van der Waals surface area contributed by atoms with Gasteiger partial charge in [-0.1, -0.05) is 20.8 Å². The van der Waals surface area contributed by atoms with Crippen molar-refractivity contribution in [3.63, 3.8) is 0 Å². The van der Waals surface area contributed by atoms with Gasteiger partial charge in [-0.3, -0.25) is 0 Å². The summed E-state index contributed by atoms with van der Waals surface area (Å²) in [6.45, 7) is 13.4. The first kappa shape index (κ1) is 26.5. The summed E-state index contributed by atoms with van der Waals surface area (Å²) < 4.78 is 9.37. The molecule has 0 atom stereocenters. The van der Waals surface area contributed by atoms with Crippen LogP contribution in [0.3, 0.4) is 0 Å². The fourth-order valence-electron chi connectivity index (χ4n) is 5.00. The molecule has 0 spiro atoms. The van der Waals surface area contributed by atoms with Crippen LogP contribution in [0.25, 0.3) is 41.8 Å². The van der Waals surface area contributed by atoms with Crippen molar-refractivity contribution in [1.29, 1.82) is 0 Å². The third-order valence-electron chi connectivity index (χ3n) is 7.35. The van der Waals surface area contributed by atoms with Crippen LogP contribution in [-0.2, 0) is 10.8 Å². The predicted molar refractivity (Wildman–Crippen MR) is 169 cm³/mol. The van der Waals surface area contributed by atoms with Gasteiger partial charge in [0.2, 0.25) is 0 Å². The molecule has 0 saturated heterocycles. The number of fused-ring (bicyclic) bond motifs is 3. The molecule has 0 bridgehead atoms. The van der Waals surface area contributed by atoms with Crippen molar-refractivity contribution in [2.24, 2.45) is 0 Å². The fraction of sp³-hybridized carbons (Fsp3) is 0.222. The van der Waals surface area contributed by atoms with E-state index in [0.717, 1.165) is 34.0 Å². The van der Waals surface area contributed by atoms with Gasteiger partial charge >= 0.3 is 223 Å². The Kier molecular flexibility index (Phi) is 6.65. The van der Waals surface area contributed by atoms with Crippen LogP contribution in [0.1, 0.15) is 52.7 Å². The van der Waals surface area contributed by atoms with Crippen molar-refractivity contribution >= 4 is 33.8 Å². The van der Waals surface area contributed by atoms with Crippen LogP contribution in [0.15, 0.2) is 97.3 Å². The van der Waals surface area contributed by atoms with Gasteiger partial charge in [-0.05, 0) is 0 Å². The molecule has 0 amide bonds. The summed E-state index contributed by atoms with van der Waals surface area (Å²) in [5.74, 6) is 1.61. The number of hydrogen-bond donors (Lipinski definition) is 0. The summed E-state index contributed by atoms with van der Waals surface area (Å²) >= 11 is 0.211. The van der Waals surface area contributed by atoms with Gasteiger partial charge < -0.3 is 0 Å². The molecule has 0 saturated carbocycles. The molecule has 200 valence electrons. The molecule has 4 heteroatoms. The van der Waals surface area contributed by atoms with Crippen LogP contribution in [0.4, 0.5) is 0 Å². The van der Waals surface area contributed by atoms with E-state index < -0.39 is 0 Å². The number of ether oxygens (including phenoxy) is 1. The Labute approximate surface area is 242 Å². The molecule has 3 aromatic heterocycles. The zero-order chi connectivity index (χ0) is 28.1. The Morgan fingerprint density at radius 2 is 1.27 bits per heavy atom. The number of aromatic nitrogens is 2. The maximum atomic E-state index is 6.59. The molecular formula is C36H34N2OSe. The first-order chi connectivity index (χ1) is 19.1. The number of pyridine rings is 2. The van der Waals surface area contributed by atoms with E-state index in [0.29, 0.717) is 0 Å². The molecule has 3 nitrogen and oxygen atoms in total. The maximum absolute atomic E-state index is 6.59. The molecule has 3 aromatic carbocycles. The Hall–Kier alpha value is -3.72. The molecule has 3 heterocycles. The molecule has 0 aliphatic carbocycles. The van der Waals surface area contributed by atoms with Crippen LogP contribution in [-0.4, -0.2) is 24.5 Å². The van der Waals surface area contributed by atoms with Crippen molar-refractivity contribution in [2.75, 3.05) is 0 Å². The molecule has 6 aromatic rings. The summed E-state index contributed by atoms with van der Waals surface area (Å²) in [5, 5.41) is 2.55. The molecule has 0 N–H and O–H groups in total. The number of benzene rings is 3. The molecule has 0 radical (unpaired) electrons. The van der Waals surface area contributed by atoms with Gasteiger partial charge in [0, 0.05) is 0 Å². The SMILES string of the molecule is CC(C)(C)c1ccnc(-c2cccc(Oc3cc(-c4cc(C(C)(C)C)ccn4)c4[se]c5ccccc5c4c3)c2)c1. The van der Waals surface area contributed by atoms with Gasteiger partial charge in [0.15, 0.2) is 0 Å². The van der Waals surface area contributed by atoms with Crippen molar-refractivity contribution in [1.82, 2.24) is 9.97 Å². The first-order valence-corrected chi connectivity index (χ1v) is 15.4. The van der Waals surface area contributed by atoms with Crippen molar-refractivity contribution in [2.45, 2.75) is 52.4 Å². The van der Waals surface area contributed by atoms with Gasteiger partial charge in [0.25, 0.3) is 0 Å². The second-order valence-electron chi connectivity index (χ2n) is 12.4. The molecule has 0 fully saturated rings. The van der Waals surface area contributed by atoms with E-state index in [4.69, 9.17) is 9.72 Å². The van der Waals surface area contributed by atoms with Crippen LogP contribution in [0, 0.1) is 0 Å². The van der Waals surface area contributed by atoms with E-state index in [1.54, 1.807) is 0 Å². The van der Waals surface area contributed by atoms with E-state index in [-0.39, 0.29) is 25.3 Å². The number of rotatable bonds is 4. The molecule has 6 rings (SSSR count). The van der Waals surface area contributed by atoms with Gasteiger partial charge in [-0.2, -0.15) is 0 Å². The van der Waals surface area contributed by atoms with Crippen molar-refractivity contribution in [3.05, 3.63) is 108 Å². The zero-order valence-corrected chi connectivity index (χ0v) is 25.7. The standard InChI is InChI=1S/C36H34N2OSe/c1-35(2,3)24-14-16-37-31(19-24)23-10-9-11-26(18-23)39-27-21-29-28-12-7-8-13-33(28)40-34(29)30(22-27)32-20-25(15-17-38-32)36(4,5)6/h7-22H,1-6H3. The normalized spacial score (nSPS) is 12.2. The fourth-order valence-corrected chi connectivity index (χ4v) is 7.54. The summed E-state index contributed by atoms with van der Waals surface area (Å²) in [7, 11) is 0. The van der Waals surface area contributed by atoms with Gasteiger partial charge in [0.1, 0.15) is 0 Å². The second kappa shape index (κ2) is 10.0. The summed E-state index contributed by atoms with van der Waals surface area (Å²) in [4.78, 5) is 9.50. The van der Waals surface area contributed by atoms with E-state index in [1.165, 1.54) is 30.4 Å².